The molecule has 1 saturated heterocycles. The molecule has 2 atom stereocenters. The number of likely N-dealkylation sites (tertiary alicyclic amines) is 1. The van der Waals surface area contributed by atoms with Crippen LogP contribution in [0.5, 0.6) is 0 Å². The maximum absolute atomic E-state index is 11.8. The smallest absolute Gasteiger partial charge is 0.310 e. The zero-order chi connectivity index (χ0) is 17.5. The molecule has 2 rings (SSSR count). The molecule has 1 aromatic rings. The lowest BCUT2D eigenvalue weighted by atomic mass is 9.99. The number of halogens is 1. The molecule has 0 amide bonds. The van der Waals surface area contributed by atoms with Crippen LogP contribution in [0.3, 0.4) is 0 Å². The molecule has 0 aliphatic carbocycles. The largest absolute Gasteiger partial charge is 0.469 e. The van der Waals surface area contributed by atoms with Crippen molar-refractivity contribution in [2.75, 3.05) is 34.4 Å². The number of nitrogens with one attached hydrogen (secondary N) is 1. The molecule has 25 heavy (non-hydrogen) atoms. The van der Waals surface area contributed by atoms with Crippen LogP contribution in [0.4, 0.5) is 0 Å². The molecule has 6 nitrogen and oxygen atoms in total. The Labute approximate surface area is 167 Å². The Morgan fingerprint density at radius 1 is 1.24 bits per heavy atom. The zero-order valence-corrected chi connectivity index (χ0v) is 17.7. The van der Waals surface area contributed by atoms with E-state index in [9.17, 15) is 4.79 Å². The first kappa shape index (κ1) is 21.7. The third-order valence-electron chi connectivity index (χ3n) is 4.41. The summed E-state index contributed by atoms with van der Waals surface area (Å²) in [5.41, 5.74) is 2.33. The van der Waals surface area contributed by atoms with E-state index in [-0.39, 0.29) is 41.8 Å². The van der Waals surface area contributed by atoms with Crippen LogP contribution < -0.4 is 5.32 Å². The number of carbonyl (C=O) groups is 1. The Balaban J connectivity index is 0.00000312. The lowest BCUT2D eigenvalue weighted by molar-refractivity contribution is -0.145. The molecular formula is C18H28IN3O3. The van der Waals surface area contributed by atoms with Gasteiger partial charge in [0, 0.05) is 33.8 Å². The topological polar surface area (TPSA) is 63.2 Å². The number of guanidine groups is 1. The van der Waals surface area contributed by atoms with Crippen molar-refractivity contribution in [2.24, 2.45) is 16.8 Å². The highest BCUT2D eigenvalue weighted by molar-refractivity contribution is 14.0. The van der Waals surface area contributed by atoms with Crippen molar-refractivity contribution in [1.82, 2.24) is 10.2 Å². The van der Waals surface area contributed by atoms with E-state index in [0.717, 1.165) is 18.1 Å². The molecule has 1 N–H and O–H groups in total. The average Bonchev–Trinajstić information content (AvgIpc) is 2.98. The fourth-order valence-electron chi connectivity index (χ4n) is 3.03. The summed E-state index contributed by atoms with van der Waals surface area (Å²) < 4.78 is 10.0. The van der Waals surface area contributed by atoms with Crippen molar-refractivity contribution < 1.29 is 14.3 Å². The second kappa shape index (κ2) is 10.6. The number of methoxy groups -OCH3 is 2. The number of rotatable bonds is 5. The normalized spacial score (nSPS) is 20.2. The van der Waals surface area contributed by atoms with Crippen LogP contribution in [0.25, 0.3) is 0 Å². The van der Waals surface area contributed by atoms with Crippen molar-refractivity contribution >= 4 is 35.9 Å². The molecule has 7 heteroatoms. The summed E-state index contributed by atoms with van der Waals surface area (Å²) in [6.45, 7) is 4.82. The van der Waals surface area contributed by atoms with E-state index < -0.39 is 0 Å². The third kappa shape index (κ3) is 5.85. The Morgan fingerprint density at radius 2 is 1.88 bits per heavy atom. The van der Waals surface area contributed by atoms with Gasteiger partial charge in [0.05, 0.1) is 19.6 Å². The van der Waals surface area contributed by atoms with E-state index in [1.165, 1.54) is 12.7 Å². The fraction of sp³-hybridized carbons (Fsp3) is 0.556. The third-order valence-corrected chi connectivity index (χ3v) is 4.41. The first-order valence-electron chi connectivity index (χ1n) is 8.19. The van der Waals surface area contributed by atoms with Gasteiger partial charge in [-0.25, -0.2) is 0 Å². The average molecular weight is 461 g/mol. The van der Waals surface area contributed by atoms with Gasteiger partial charge in [0.15, 0.2) is 5.96 Å². The Kier molecular flexibility index (Phi) is 9.20. The van der Waals surface area contributed by atoms with Crippen LogP contribution in [0, 0.1) is 11.8 Å². The lowest BCUT2D eigenvalue weighted by Crippen LogP contribution is -2.40. The van der Waals surface area contributed by atoms with Crippen LogP contribution in [-0.2, 0) is 27.4 Å². The molecule has 140 valence electrons. The standard InChI is InChI=1S/C18H27N3O3.HI/c1-13-10-21(11-16(13)17(22)24-4)18(19-2)20-9-14-5-7-15(8-6-14)12-23-3;/h5-8,13,16H,9-12H2,1-4H3,(H,19,20);1H. The molecule has 2 unspecified atom stereocenters. The van der Waals surface area contributed by atoms with Crippen molar-refractivity contribution in [3.8, 4) is 0 Å². The molecule has 1 heterocycles. The van der Waals surface area contributed by atoms with Gasteiger partial charge in [0.25, 0.3) is 0 Å². The number of benzene rings is 1. The predicted octanol–water partition coefficient (Wildman–Crippen LogP) is 2.27. The van der Waals surface area contributed by atoms with Crippen molar-refractivity contribution in [1.29, 1.82) is 0 Å². The summed E-state index contributed by atoms with van der Waals surface area (Å²) in [5.74, 6) is 0.828. The molecule has 1 fully saturated rings. The number of esters is 1. The van der Waals surface area contributed by atoms with E-state index in [0.29, 0.717) is 19.7 Å². The van der Waals surface area contributed by atoms with Crippen LogP contribution in [0.1, 0.15) is 18.1 Å². The Morgan fingerprint density at radius 3 is 2.44 bits per heavy atom. The molecule has 0 aromatic heterocycles. The van der Waals surface area contributed by atoms with E-state index >= 15 is 0 Å². The molecule has 1 aliphatic rings. The minimum atomic E-state index is -0.144. The highest BCUT2D eigenvalue weighted by Crippen LogP contribution is 2.24. The highest BCUT2D eigenvalue weighted by Gasteiger charge is 2.36. The number of hydrogen-bond donors (Lipinski definition) is 1. The monoisotopic (exact) mass is 461 g/mol. The molecule has 0 radical (unpaired) electrons. The molecule has 0 spiro atoms. The van der Waals surface area contributed by atoms with Crippen molar-refractivity contribution in [3.63, 3.8) is 0 Å². The van der Waals surface area contributed by atoms with Gasteiger partial charge >= 0.3 is 5.97 Å². The summed E-state index contributed by atoms with van der Waals surface area (Å²) >= 11 is 0. The van der Waals surface area contributed by atoms with E-state index in [2.05, 4.69) is 46.4 Å². The van der Waals surface area contributed by atoms with Gasteiger partial charge in [-0.15, -0.1) is 24.0 Å². The molecule has 1 aromatic carbocycles. The number of ether oxygens (including phenoxy) is 2. The summed E-state index contributed by atoms with van der Waals surface area (Å²) in [7, 11) is 4.90. The SMILES string of the molecule is CN=C(NCc1ccc(COC)cc1)N1CC(C)C(C(=O)OC)C1.I. The van der Waals surface area contributed by atoms with Gasteiger partial charge in [-0.05, 0) is 17.0 Å². The fourth-order valence-corrected chi connectivity index (χ4v) is 3.03. The van der Waals surface area contributed by atoms with Crippen LogP contribution >= 0.6 is 24.0 Å². The first-order chi connectivity index (χ1) is 11.6. The van der Waals surface area contributed by atoms with Crippen LogP contribution in [0.2, 0.25) is 0 Å². The predicted molar refractivity (Wildman–Crippen MR) is 109 cm³/mol. The van der Waals surface area contributed by atoms with Crippen LogP contribution in [0.15, 0.2) is 29.3 Å². The molecule has 0 saturated carbocycles. The zero-order valence-electron chi connectivity index (χ0n) is 15.3. The van der Waals surface area contributed by atoms with Gasteiger partial charge in [-0.1, -0.05) is 31.2 Å². The minimum Gasteiger partial charge on any atom is -0.469 e. The van der Waals surface area contributed by atoms with Gasteiger partial charge in [0.1, 0.15) is 0 Å². The van der Waals surface area contributed by atoms with E-state index in [1.807, 2.05) is 0 Å². The number of carbonyl (C=O) groups excluding carboxylic acids is 1. The second-order valence-electron chi connectivity index (χ2n) is 6.16. The van der Waals surface area contributed by atoms with E-state index in [4.69, 9.17) is 9.47 Å². The number of nitrogens with zero attached hydrogens (tertiary/aromatic N) is 2. The summed E-state index contributed by atoms with van der Waals surface area (Å²) in [4.78, 5) is 18.3. The maximum atomic E-state index is 11.8. The van der Waals surface area contributed by atoms with Crippen molar-refractivity contribution in [2.45, 2.75) is 20.1 Å². The first-order valence-corrected chi connectivity index (χ1v) is 8.19. The minimum absolute atomic E-state index is 0. The van der Waals surface area contributed by atoms with Gasteiger partial charge in [-0.3, -0.25) is 9.79 Å². The lowest BCUT2D eigenvalue weighted by Gasteiger charge is -2.21. The van der Waals surface area contributed by atoms with Gasteiger partial charge in [-0.2, -0.15) is 0 Å². The highest BCUT2D eigenvalue weighted by atomic mass is 127. The van der Waals surface area contributed by atoms with Crippen molar-refractivity contribution in [3.05, 3.63) is 35.4 Å². The Hall–Kier alpha value is -1.35. The number of aliphatic imine (C=N–C) groups is 1. The maximum Gasteiger partial charge on any atom is 0.310 e. The molecule has 0 bridgehead atoms. The second-order valence-corrected chi connectivity index (χ2v) is 6.16. The summed E-state index contributed by atoms with van der Waals surface area (Å²) in [6, 6.07) is 8.29. The van der Waals surface area contributed by atoms with E-state index in [1.54, 1.807) is 14.2 Å². The summed E-state index contributed by atoms with van der Waals surface area (Å²) in [5, 5.41) is 3.37. The molecular weight excluding hydrogens is 433 g/mol. The summed E-state index contributed by atoms with van der Waals surface area (Å²) in [6.07, 6.45) is 0. The van der Waals surface area contributed by atoms with Gasteiger partial charge in [0.2, 0.25) is 0 Å². The van der Waals surface area contributed by atoms with Crippen LogP contribution in [-0.4, -0.2) is 51.2 Å². The quantitative estimate of drug-likeness (QED) is 0.316. The molecule has 1 aliphatic heterocycles. The van der Waals surface area contributed by atoms with Gasteiger partial charge < -0.3 is 19.7 Å². The number of hydrogen-bond acceptors (Lipinski definition) is 4. The Bertz CT molecular complexity index is 577.